The minimum atomic E-state index is -0.0672. The normalized spacial score (nSPS) is 10.3. The second-order valence-corrected chi connectivity index (χ2v) is 7.16. The first-order valence-electron chi connectivity index (χ1n) is 8.95. The Morgan fingerprint density at radius 1 is 0.571 bits per heavy atom. The molecule has 0 radical (unpaired) electrons. The first kappa shape index (κ1) is 21.0. The van der Waals surface area contributed by atoms with Crippen molar-refractivity contribution < 1.29 is 4.79 Å². The Hall–Kier alpha value is -3.27. The highest BCUT2D eigenvalue weighted by Crippen LogP contribution is 2.38. The van der Waals surface area contributed by atoms with E-state index >= 15 is 0 Å². The maximum Gasteiger partial charge on any atom is 0.194 e. The van der Waals surface area contributed by atoms with Crippen LogP contribution < -0.4 is 0 Å². The van der Waals surface area contributed by atoms with Crippen LogP contribution in [0.3, 0.4) is 0 Å². The van der Waals surface area contributed by atoms with E-state index in [0.717, 1.165) is 44.5 Å². The minimum absolute atomic E-state index is 0.0672. The molecule has 0 saturated heterocycles. The number of carbonyl (C=O) groups is 1. The molecule has 0 unspecified atom stereocenters. The van der Waals surface area contributed by atoms with Crippen LogP contribution in [0.4, 0.5) is 11.4 Å². The fourth-order valence-electron chi connectivity index (χ4n) is 3.78. The fourth-order valence-corrected chi connectivity index (χ4v) is 3.78. The summed E-state index contributed by atoms with van der Waals surface area (Å²) in [6.07, 6.45) is 0. The maximum atomic E-state index is 13.7. The molecule has 7 heteroatoms. The molecule has 0 aliphatic carbocycles. The van der Waals surface area contributed by atoms with Gasteiger partial charge in [-0.1, -0.05) is 10.2 Å². The van der Waals surface area contributed by atoms with Crippen molar-refractivity contribution in [2.24, 2.45) is 10.2 Å². The number of rotatable bonds is 4. The Labute approximate surface area is 164 Å². The number of carbonyl (C=O) groups excluding carboxylic acids is 1. The van der Waals surface area contributed by atoms with E-state index in [1.807, 2.05) is 55.4 Å². The first-order chi connectivity index (χ1) is 13.1. The van der Waals surface area contributed by atoms with Gasteiger partial charge < -0.3 is 0 Å². The lowest BCUT2D eigenvalue weighted by Gasteiger charge is -2.21. The molecule has 0 atom stereocenters. The largest absolute Gasteiger partial charge is 0.289 e. The van der Waals surface area contributed by atoms with Crippen LogP contribution in [-0.4, -0.2) is 5.78 Å². The Bertz CT molecular complexity index is 971. The van der Waals surface area contributed by atoms with Gasteiger partial charge in [-0.2, -0.15) is 0 Å². The molecule has 0 aromatic heterocycles. The van der Waals surface area contributed by atoms with Crippen LogP contribution >= 0.6 is 0 Å². The molecular formula is C21H24N6O. The quantitative estimate of drug-likeness (QED) is 0.237. The smallest absolute Gasteiger partial charge is 0.194 e. The molecule has 0 amide bonds. The summed E-state index contributed by atoms with van der Waals surface area (Å²) in [4.78, 5) is 19.5. The zero-order chi connectivity index (χ0) is 21.3. The van der Waals surface area contributed by atoms with E-state index in [1.165, 1.54) is 0 Å². The third-order valence-electron chi connectivity index (χ3n) is 5.91. The van der Waals surface area contributed by atoms with Crippen molar-refractivity contribution in [3.05, 3.63) is 76.5 Å². The first-order valence-corrected chi connectivity index (χ1v) is 8.95. The molecule has 0 saturated carbocycles. The minimum Gasteiger partial charge on any atom is -0.289 e. The molecule has 0 fully saturated rings. The molecule has 2 aromatic rings. The molecular weight excluding hydrogens is 352 g/mol. The van der Waals surface area contributed by atoms with Crippen LogP contribution in [0, 0.1) is 55.4 Å². The summed E-state index contributed by atoms with van der Waals surface area (Å²) in [5.41, 5.74) is 26.6. The highest BCUT2D eigenvalue weighted by Gasteiger charge is 2.25. The van der Waals surface area contributed by atoms with E-state index in [0.29, 0.717) is 22.5 Å². The lowest BCUT2D eigenvalue weighted by Crippen LogP contribution is -2.14. The zero-order valence-corrected chi connectivity index (χ0v) is 17.6. The number of azide groups is 2. The van der Waals surface area contributed by atoms with Gasteiger partial charge in [0.2, 0.25) is 0 Å². The number of hydrogen-bond donors (Lipinski definition) is 0. The van der Waals surface area contributed by atoms with E-state index in [2.05, 4.69) is 20.1 Å². The van der Waals surface area contributed by atoms with Crippen molar-refractivity contribution >= 4 is 17.2 Å². The Balaban J connectivity index is 2.90. The van der Waals surface area contributed by atoms with E-state index < -0.39 is 0 Å². The van der Waals surface area contributed by atoms with Crippen molar-refractivity contribution in [2.75, 3.05) is 0 Å². The van der Waals surface area contributed by atoms with Crippen molar-refractivity contribution in [3.8, 4) is 0 Å². The van der Waals surface area contributed by atoms with Gasteiger partial charge in [0.1, 0.15) is 0 Å². The molecule has 0 spiro atoms. The molecule has 2 rings (SSSR count). The van der Waals surface area contributed by atoms with Crippen LogP contribution in [-0.2, 0) is 0 Å². The number of ketones is 1. The fraction of sp³-hybridized carbons (Fsp3) is 0.381. The van der Waals surface area contributed by atoms with Crippen LogP contribution in [0.1, 0.15) is 60.4 Å². The van der Waals surface area contributed by atoms with E-state index in [4.69, 9.17) is 11.1 Å². The average molecular weight is 376 g/mol. The standard InChI is InChI=1S/C21H24N6O/c1-9-13(5)19(24-26-22)14(6)10(2)17(9)21(28)18-11(3)15(7)20(25-27-23)16(8)12(18)4/h1-8H3. The van der Waals surface area contributed by atoms with Gasteiger partial charge in [0.15, 0.2) is 5.78 Å². The van der Waals surface area contributed by atoms with Crippen molar-refractivity contribution in [3.63, 3.8) is 0 Å². The predicted octanol–water partition coefficient (Wildman–Crippen LogP) is 7.27. The molecule has 7 nitrogen and oxygen atoms in total. The van der Waals surface area contributed by atoms with Crippen molar-refractivity contribution in [1.29, 1.82) is 0 Å². The molecule has 0 heterocycles. The SMILES string of the molecule is Cc1c(C)c(C(=O)c2c(C)c(C)c(N=[N+]=[N-])c(C)c2C)c(C)c(C)c1N=[N+]=[N-]. The van der Waals surface area contributed by atoms with E-state index in [9.17, 15) is 4.79 Å². The maximum absolute atomic E-state index is 13.7. The number of hydrogen-bond acceptors (Lipinski definition) is 3. The van der Waals surface area contributed by atoms with E-state index in [1.54, 1.807) is 0 Å². The third-order valence-corrected chi connectivity index (χ3v) is 5.91. The Kier molecular flexibility index (Phi) is 5.84. The summed E-state index contributed by atoms with van der Waals surface area (Å²) < 4.78 is 0. The lowest BCUT2D eigenvalue weighted by atomic mass is 9.83. The van der Waals surface area contributed by atoms with Crippen LogP contribution in [0.25, 0.3) is 20.9 Å². The monoisotopic (exact) mass is 376 g/mol. The van der Waals surface area contributed by atoms with Gasteiger partial charge in [-0.05, 0) is 111 Å². The summed E-state index contributed by atoms with van der Waals surface area (Å²) in [7, 11) is 0. The third kappa shape index (κ3) is 3.11. The predicted molar refractivity (Wildman–Crippen MR) is 112 cm³/mol. The van der Waals surface area contributed by atoms with Gasteiger partial charge in [0.25, 0.3) is 0 Å². The van der Waals surface area contributed by atoms with Crippen molar-refractivity contribution in [2.45, 2.75) is 55.4 Å². The zero-order valence-electron chi connectivity index (χ0n) is 17.6. The highest BCUT2D eigenvalue weighted by molar-refractivity contribution is 6.14. The second kappa shape index (κ2) is 7.77. The molecule has 2 aromatic carbocycles. The lowest BCUT2D eigenvalue weighted by molar-refractivity contribution is 0.103. The summed E-state index contributed by atoms with van der Waals surface area (Å²) in [5.74, 6) is -0.0672. The van der Waals surface area contributed by atoms with E-state index in [-0.39, 0.29) is 5.78 Å². The van der Waals surface area contributed by atoms with Gasteiger partial charge in [0, 0.05) is 32.3 Å². The number of benzene rings is 2. The molecule has 0 N–H and O–H groups in total. The Morgan fingerprint density at radius 3 is 1.04 bits per heavy atom. The van der Waals surface area contributed by atoms with Crippen LogP contribution in [0.5, 0.6) is 0 Å². The highest BCUT2D eigenvalue weighted by atomic mass is 16.1. The van der Waals surface area contributed by atoms with Crippen molar-refractivity contribution in [1.82, 2.24) is 0 Å². The summed E-state index contributed by atoms with van der Waals surface area (Å²) in [6.45, 7) is 15.0. The summed E-state index contributed by atoms with van der Waals surface area (Å²) >= 11 is 0. The molecule has 144 valence electrons. The van der Waals surface area contributed by atoms with Gasteiger partial charge in [-0.3, -0.25) is 4.79 Å². The molecule has 0 aliphatic heterocycles. The molecule has 28 heavy (non-hydrogen) atoms. The van der Waals surface area contributed by atoms with Crippen LogP contribution in [0.2, 0.25) is 0 Å². The van der Waals surface area contributed by atoms with Gasteiger partial charge >= 0.3 is 0 Å². The molecule has 0 aliphatic rings. The second-order valence-electron chi connectivity index (χ2n) is 7.16. The summed E-state index contributed by atoms with van der Waals surface area (Å²) in [5, 5.41) is 7.64. The van der Waals surface area contributed by atoms with Gasteiger partial charge in [-0.15, -0.1) is 0 Å². The Morgan fingerprint density at radius 2 is 0.821 bits per heavy atom. The topological polar surface area (TPSA) is 115 Å². The van der Waals surface area contributed by atoms with Crippen LogP contribution in [0.15, 0.2) is 10.2 Å². The molecule has 0 bridgehead atoms. The number of nitrogens with zero attached hydrogens (tertiary/aromatic N) is 6. The van der Waals surface area contributed by atoms with Gasteiger partial charge in [0.05, 0.1) is 0 Å². The average Bonchev–Trinajstić information content (AvgIpc) is 2.66. The summed E-state index contributed by atoms with van der Waals surface area (Å²) in [6, 6.07) is 0. The van der Waals surface area contributed by atoms with Gasteiger partial charge in [-0.25, -0.2) is 0 Å².